The van der Waals surface area contributed by atoms with Crippen LogP contribution in [0.15, 0.2) is 0 Å². The predicted octanol–water partition coefficient (Wildman–Crippen LogP) is 1.71. The van der Waals surface area contributed by atoms with E-state index in [0.717, 1.165) is 0 Å². The molecule has 5 heteroatoms. The van der Waals surface area contributed by atoms with E-state index in [9.17, 15) is 8.78 Å². The molecule has 0 aromatic rings. The second-order valence-corrected chi connectivity index (χ2v) is 2.59. The Morgan fingerprint density at radius 1 is 1.56 bits per heavy atom. The van der Waals surface area contributed by atoms with Gasteiger partial charge in [0.2, 0.25) is 0 Å². The van der Waals surface area contributed by atoms with Gasteiger partial charge in [0.05, 0.1) is 0 Å². The van der Waals surface area contributed by atoms with Crippen LogP contribution < -0.4 is 5.73 Å². The van der Waals surface area contributed by atoms with Crippen molar-refractivity contribution in [2.45, 2.75) is 18.7 Å². The maximum atomic E-state index is 11.3. The van der Waals surface area contributed by atoms with Crippen molar-refractivity contribution in [3.63, 3.8) is 0 Å². The third-order valence-electron chi connectivity index (χ3n) is 0.485. The summed E-state index contributed by atoms with van der Waals surface area (Å²) in [5, 5.41) is 0. The number of halogens is 3. The molecule has 0 spiro atoms. The highest BCUT2D eigenvalue weighted by Gasteiger charge is 2.02. The maximum absolute atomic E-state index is 11.3. The van der Waals surface area contributed by atoms with Gasteiger partial charge in [-0.1, -0.05) is 11.8 Å². The first-order valence-corrected chi connectivity index (χ1v) is 3.33. The van der Waals surface area contributed by atoms with Crippen LogP contribution in [0.2, 0.25) is 0 Å². The van der Waals surface area contributed by atoms with Crippen molar-refractivity contribution < 1.29 is 8.78 Å². The molecule has 1 atom stereocenters. The maximum Gasteiger partial charge on any atom is 0.284 e. The minimum atomic E-state index is -2.28. The molecule has 0 aromatic heterocycles. The third-order valence-corrected chi connectivity index (χ3v) is 1.46. The highest BCUT2D eigenvalue weighted by atomic mass is 35.5. The summed E-state index contributed by atoms with van der Waals surface area (Å²) in [4.78, 5) is 0. The zero-order chi connectivity index (χ0) is 6.57. The SMILES string of the molecule is C[C@H](N)CSC(F)F.Cl. The zero-order valence-electron chi connectivity index (χ0n) is 5.01. The van der Waals surface area contributed by atoms with E-state index in [1.165, 1.54) is 0 Å². The van der Waals surface area contributed by atoms with Gasteiger partial charge < -0.3 is 5.73 Å². The first-order valence-electron chi connectivity index (χ1n) is 2.28. The lowest BCUT2D eigenvalue weighted by atomic mass is 10.4. The molecule has 0 aliphatic heterocycles. The van der Waals surface area contributed by atoms with Crippen LogP contribution in [0, 0.1) is 0 Å². The molecule has 0 saturated heterocycles. The van der Waals surface area contributed by atoms with Crippen molar-refractivity contribution in [1.82, 2.24) is 0 Å². The van der Waals surface area contributed by atoms with Crippen molar-refractivity contribution in [3.8, 4) is 0 Å². The molecule has 0 aliphatic rings. The summed E-state index contributed by atoms with van der Waals surface area (Å²) in [6.07, 6.45) is 0. The number of hydrogen-bond donors (Lipinski definition) is 1. The fourth-order valence-corrected chi connectivity index (χ4v) is 0.674. The molecule has 0 rings (SSSR count). The summed E-state index contributed by atoms with van der Waals surface area (Å²) < 4.78 is 22.6. The molecule has 0 radical (unpaired) electrons. The van der Waals surface area contributed by atoms with Crippen LogP contribution >= 0.6 is 24.2 Å². The average molecular weight is 178 g/mol. The highest BCUT2D eigenvalue weighted by molar-refractivity contribution is 7.99. The molecule has 0 heterocycles. The molecule has 0 fully saturated rings. The largest absolute Gasteiger partial charge is 0.327 e. The second-order valence-electron chi connectivity index (χ2n) is 1.57. The molecule has 0 aromatic carbocycles. The van der Waals surface area contributed by atoms with E-state index in [0.29, 0.717) is 17.5 Å². The van der Waals surface area contributed by atoms with Gasteiger partial charge in [-0.25, -0.2) is 0 Å². The van der Waals surface area contributed by atoms with E-state index >= 15 is 0 Å². The van der Waals surface area contributed by atoms with Gasteiger partial charge in [-0.3, -0.25) is 0 Å². The summed E-state index contributed by atoms with van der Waals surface area (Å²) >= 11 is 0.581. The van der Waals surface area contributed by atoms with Gasteiger partial charge in [-0.05, 0) is 6.92 Å². The third kappa shape index (κ3) is 11.8. The minimum Gasteiger partial charge on any atom is -0.327 e. The topological polar surface area (TPSA) is 26.0 Å². The van der Waals surface area contributed by atoms with Crippen molar-refractivity contribution in [1.29, 1.82) is 0 Å². The van der Waals surface area contributed by atoms with E-state index in [2.05, 4.69) is 0 Å². The molecule has 0 aliphatic carbocycles. The Morgan fingerprint density at radius 3 is 2.11 bits per heavy atom. The van der Waals surface area contributed by atoms with Crippen LogP contribution in [0.25, 0.3) is 0 Å². The first kappa shape index (κ1) is 12.2. The van der Waals surface area contributed by atoms with Gasteiger partial charge in [0.15, 0.2) is 0 Å². The molecule has 0 bridgehead atoms. The Hall–Kier alpha value is 0.460. The summed E-state index contributed by atoms with van der Waals surface area (Å²) in [6, 6.07) is -0.131. The quantitative estimate of drug-likeness (QED) is 0.711. The smallest absolute Gasteiger partial charge is 0.284 e. The van der Waals surface area contributed by atoms with Crippen molar-refractivity contribution >= 4 is 24.2 Å². The molecule has 58 valence electrons. The molecule has 9 heavy (non-hydrogen) atoms. The number of thioether (sulfide) groups is 1. The van der Waals surface area contributed by atoms with Crippen LogP contribution in [-0.2, 0) is 0 Å². The Kier molecular flexibility index (Phi) is 8.89. The lowest BCUT2D eigenvalue weighted by Gasteiger charge is -2.01. The fourth-order valence-electron chi connectivity index (χ4n) is 0.225. The van der Waals surface area contributed by atoms with Gasteiger partial charge in [0, 0.05) is 11.8 Å². The van der Waals surface area contributed by atoms with Gasteiger partial charge in [0.25, 0.3) is 5.76 Å². The predicted molar refractivity (Wildman–Crippen MR) is 39.4 cm³/mol. The molecule has 0 unspecified atom stereocenters. The standard InChI is InChI=1S/C4H9F2NS.ClH/c1-3(7)2-8-4(5)6;/h3-4H,2,7H2,1H3;1H/t3-;/m0./s1. The van der Waals surface area contributed by atoms with Crippen LogP contribution in [0.4, 0.5) is 8.78 Å². The number of nitrogens with two attached hydrogens (primary N) is 1. The van der Waals surface area contributed by atoms with E-state index in [1.54, 1.807) is 6.92 Å². The van der Waals surface area contributed by atoms with Crippen LogP contribution in [0.5, 0.6) is 0 Å². The average Bonchev–Trinajstić information content (AvgIpc) is 1.61. The summed E-state index contributed by atoms with van der Waals surface area (Å²) in [5.41, 5.74) is 5.19. The van der Waals surface area contributed by atoms with E-state index in [-0.39, 0.29) is 18.4 Å². The van der Waals surface area contributed by atoms with E-state index in [1.807, 2.05) is 0 Å². The number of hydrogen-bond acceptors (Lipinski definition) is 2. The lowest BCUT2D eigenvalue weighted by Crippen LogP contribution is -2.18. The van der Waals surface area contributed by atoms with E-state index in [4.69, 9.17) is 5.73 Å². The van der Waals surface area contributed by atoms with Crippen LogP contribution in [-0.4, -0.2) is 17.6 Å². The highest BCUT2D eigenvalue weighted by Crippen LogP contribution is 2.12. The fraction of sp³-hybridized carbons (Fsp3) is 1.00. The Morgan fingerprint density at radius 2 is 2.00 bits per heavy atom. The molecular formula is C4H10ClF2NS. The minimum absolute atomic E-state index is 0. The Labute approximate surface area is 63.8 Å². The van der Waals surface area contributed by atoms with Crippen molar-refractivity contribution in [2.24, 2.45) is 5.73 Å². The summed E-state index contributed by atoms with van der Waals surface area (Å²) in [5.74, 6) is -1.95. The van der Waals surface area contributed by atoms with Gasteiger partial charge in [0.1, 0.15) is 0 Å². The summed E-state index contributed by atoms with van der Waals surface area (Å²) in [7, 11) is 0. The molecule has 0 saturated carbocycles. The lowest BCUT2D eigenvalue weighted by molar-refractivity contribution is 0.252. The zero-order valence-corrected chi connectivity index (χ0v) is 6.64. The van der Waals surface area contributed by atoms with Gasteiger partial charge >= 0.3 is 0 Å². The van der Waals surface area contributed by atoms with Gasteiger partial charge in [-0.15, -0.1) is 12.4 Å². The first-order chi connectivity index (χ1) is 3.63. The Balaban J connectivity index is 0. The summed E-state index contributed by atoms with van der Waals surface area (Å²) in [6.45, 7) is 1.70. The number of alkyl halides is 2. The Bertz CT molecular complexity index is 54.5. The molecule has 0 amide bonds. The number of rotatable bonds is 3. The monoisotopic (exact) mass is 177 g/mol. The van der Waals surface area contributed by atoms with E-state index < -0.39 is 5.76 Å². The van der Waals surface area contributed by atoms with Crippen molar-refractivity contribution in [2.75, 3.05) is 5.75 Å². The molecule has 1 nitrogen and oxygen atoms in total. The van der Waals surface area contributed by atoms with Crippen molar-refractivity contribution in [3.05, 3.63) is 0 Å². The van der Waals surface area contributed by atoms with Crippen LogP contribution in [0.3, 0.4) is 0 Å². The second kappa shape index (κ2) is 6.58. The normalized spacial score (nSPS) is 13.0. The molecular weight excluding hydrogens is 168 g/mol. The molecule has 2 N–H and O–H groups in total. The van der Waals surface area contributed by atoms with Crippen LogP contribution in [0.1, 0.15) is 6.92 Å². The van der Waals surface area contributed by atoms with Gasteiger partial charge in [-0.2, -0.15) is 8.78 Å².